The van der Waals surface area contributed by atoms with Gasteiger partial charge >= 0.3 is 12.2 Å². The van der Waals surface area contributed by atoms with Crippen LogP contribution in [0.1, 0.15) is 130 Å². The van der Waals surface area contributed by atoms with Crippen LogP contribution < -0.4 is 10.6 Å². The zero-order valence-electron chi connectivity index (χ0n) is 25.1. The first-order valence-electron chi connectivity index (χ1n) is 15.2. The number of hydrogen-bond donors (Lipinski definition) is 2. The number of nitrogens with one attached hydrogen (secondary N) is 2. The summed E-state index contributed by atoms with van der Waals surface area (Å²) in [7, 11) is 4.00. The lowest BCUT2D eigenvalue weighted by Gasteiger charge is -2.23. The van der Waals surface area contributed by atoms with Gasteiger partial charge in [-0.2, -0.15) is 0 Å². The maximum atomic E-state index is 12.0. The van der Waals surface area contributed by atoms with Crippen molar-refractivity contribution in [3.63, 3.8) is 0 Å². The number of ether oxygens (including phenoxy) is 2. The predicted molar refractivity (Wildman–Crippen MR) is 155 cm³/mol. The largest absolute Gasteiger partial charge is 0.449 e. The second-order valence-corrected chi connectivity index (χ2v) is 11.6. The minimum absolute atomic E-state index is 0.193. The normalized spacial score (nSPS) is 11.5. The molecule has 7 heteroatoms. The van der Waals surface area contributed by atoms with Crippen molar-refractivity contribution in [1.29, 1.82) is 0 Å². The Kier molecular flexibility index (Phi) is 23.8. The summed E-state index contributed by atoms with van der Waals surface area (Å²) in [6.45, 7) is 8.63. The Balaban J connectivity index is 3.49. The van der Waals surface area contributed by atoms with Gasteiger partial charge in [0, 0.05) is 18.5 Å². The van der Waals surface area contributed by atoms with Crippen LogP contribution in [-0.2, 0) is 9.47 Å². The molecule has 0 aromatic rings. The molecule has 0 rings (SSSR count). The van der Waals surface area contributed by atoms with E-state index in [9.17, 15) is 9.59 Å². The molecule has 0 fully saturated rings. The fourth-order valence-electron chi connectivity index (χ4n) is 4.11. The molecule has 220 valence electrons. The first kappa shape index (κ1) is 35.5. The Morgan fingerprint density at radius 1 is 0.595 bits per heavy atom. The highest BCUT2D eigenvalue weighted by Crippen LogP contribution is 2.16. The summed E-state index contributed by atoms with van der Waals surface area (Å²) >= 11 is 0. The van der Waals surface area contributed by atoms with Crippen molar-refractivity contribution in [2.45, 2.75) is 130 Å². The molecule has 0 aliphatic rings. The van der Waals surface area contributed by atoms with Gasteiger partial charge in [0.15, 0.2) is 0 Å². The zero-order valence-corrected chi connectivity index (χ0v) is 25.1. The quantitative estimate of drug-likeness (QED) is 0.119. The Hall–Kier alpha value is -1.50. The van der Waals surface area contributed by atoms with Crippen molar-refractivity contribution in [3.05, 3.63) is 0 Å². The van der Waals surface area contributed by atoms with E-state index < -0.39 is 17.6 Å². The third kappa shape index (κ3) is 27.4. The van der Waals surface area contributed by atoms with Crippen LogP contribution in [0.5, 0.6) is 0 Å². The predicted octanol–water partition coefficient (Wildman–Crippen LogP) is 7.68. The fourth-order valence-corrected chi connectivity index (χ4v) is 4.11. The maximum absolute atomic E-state index is 12.0. The van der Waals surface area contributed by atoms with E-state index in [0.29, 0.717) is 13.1 Å². The van der Waals surface area contributed by atoms with Crippen LogP contribution in [0.25, 0.3) is 0 Å². The van der Waals surface area contributed by atoms with Crippen molar-refractivity contribution >= 4 is 12.2 Å². The molecule has 0 saturated carbocycles. The van der Waals surface area contributed by atoms with Crippen molar-refractivity contribution < 1.29 is 19.1 Å². The molecule has 0 aromatic carbocycles. The maximum Gasteiger partial charge on any atom is 0.407 e. The molecule has 2 amide bonds. The van der Waals surface area contributed by atoms with Crippen LogP contribution in [0.15, 0.2) is 0 Å². The monoisotopic (exact) mass is 527 g/mol. The van der Waals surface area contributed by atoms with Crippen molar-refractivity contribution in [2.24, 2.45) is 5.41 Å². The molecule has 0 spiro atoms. The third-order valence-corrected chi connectivity index (χ3v) is 6.54. The molecular formula is C30H61N3O4. The summed E-state index contributed by atoms with van der Waals surface area (Å²) in [6.07, 6.45) is 21.4. The highest BCUT2D eigenvalue weighted by Gasteiger charge is 2.22. The number of carbonyl (C=O) groups excluding carboxylic acids is 2. The molecule has 0 unspecified atom stereocenters. The van der Waals surface area contributed by atoms with Crippen molar-refractivity contribution in [3.8, 4) is 0 Å². The highest BCUT2D eigenvalue weighted by molar-refractivity contribution is 5.67. The van der Waals surface area contributed by atoms with Gasteiger partial charge in [0.05, 0.1) is 0 Å². The van der Waals surface area contributed by atoms with Gasteiger partial charge in [0.25, 0.3) is 0 Å². The smallest absolute Gasteiger partial charge is 0.407 e. The second kappa shape index (κ2) is 24.8. The molecule has 0 heterocycles. The van der Waals surface area contributed by atoms with Crippen molar-refractivity contribution in [2.75, 3.05) is 46.9 Å². The van der Waals surface area contributed by atoms with Gasteiger partial charge in [-0.25, -0.2) is 9.59 Å². The molecule has 0 aliphatic carbocycles. The van der Waals surface area contributed by atoms with Crippen molar-refractivity contribution in [1.82, 2.24) is 15.5 Å². The van der Waals surface area contributed by atoms with E-state index >= 15 is 0 Å². The standard InChI is InChI=1S/C30H61N3O4/c1-6-7-8-9-10-11-12-13-14-15-16-17-18-19-20-21-23-31-28(34)36-26-30(2,3)27-37-29(35)32-24-22-25-33(4)5/h6-27H2,1-5H3,(H,31,34)(H,32,35). The fraction of sp³-hybridized carbons (Fsp3) is 0.933. The lowest BCUT2D eigenvalue weighted by atomic mass is 9.96. The minimum atomic E-state index is -0.438. The summed E-state index contributed by atoms with van der Waals surface area (Å²) in [4.78, 5) is 25.8. The van der Waals surface area contributed by atoms with Gasteiger partial charge in [-0.15, -0.1) is 0 Å². The Labute approximate surface area is 229 Å². The lowest BCUT2D eigenvalue weighted by molar-refractivity contribution is 0.0466. The molecule has 7 nitrogen and oxygen atoms in total. The van der Waals surface area contributed by atoms with Gasteiger partial charge in [0.2, 0.25) is 0 Å². The highest BCUT2D eigenvalue weighted by atomic mass is 16.6. The Morgan fingerprint density at radius 3 is 1.32 bits per heavy atom. The number of unbranched alkanes of at least 4 members (excludes halogenated alkanes) is 15. The summed E-state index contributed by atoms with van der Waals surface area (Å²) in [5, 5.41) is 5.57. The summed E-state index contributed by atoms with van der Waals surface area (Å²) < 4.78 is 10.6. The number of hydrogen-bond acceptors (Lipinski definition) is 5. The summed E-state index contributed by atoms with van der Waals surface area (Å²) in [5.74, 6) is 0. The minimum Gasteiger partial charge on any atom is -0.449 e. The van der Waals surface area contributed by atoms with E-state index in [2.05, 4.69) is 22.5 Å². The summed E-state index contributed by atoms with van der Waals surface area (Å²) in [6, 6.07) is 0. The topological polar surface area (TPSA) is 79.9 Å². The number of carbonyl (C=O) groups is 2. The van der Waals surface area contributed by atoms with E-state index in [-0.39, 0.29) is 13.2 Å². The van der Waals surface area contributed by atoms with Gasteiger partial charge in [-0.1, -0.05) is 117 Å². The van der Waals surface area contributed by atoms with E-state index in [1.807, 2.05) is 27.9 Å². The molecule has 0 radical (unpaired) electrons. The molecule has 0 bridgehead atoms. The SMILES string of the molecule is CCCCCCCCCCCCCCCCCCNC(=O)OCC(C)(C)COC(=O)NCCCN(C)C. The molecule has 37 heavy (non-hydrogen) atoms. The Morgan fingerprint density at radius 2 is 0.946 bits per heavy atom. The first-order chi connectivity index (χ1) is 17.8. The number of amides is 2. The van der Waals surface area contributed by atoms with Crippen LogP contribution in [0.3, 0.4) is 0 Å². The molecular weight excluding hydrogens is 466 g/mol. The average Bonchev–Trinajstić information content (AvgIpc) is 2.86. The molecule has 0 aromatic heterocycles. The second-order valence-electron chi connectivity index (χ2n) is 11.6. The number of rotatable bonds is 25. The molecule has 2 N–H and O–H groups in total. The van der Waals surface area contributed by atoms with Crippen LogP contribution in [-0.4, -0.2) is 64.0 Å². The van der Waals surface area contributed by atoms with E-state index in [4.69, 9.17) is 9.47 Å². The lowest BCUT2D eigenvalue weighted by Crippen LogP contribution is -2.35. The van der Waals surface area contributed by atoms with E-state index in [0.717, 1.165) is 25.8 Å². The van der Waals surface area contributed by atoms with Gasteiger partial charge in [-0.05, 0) is 33.5 Å². The van der Waals surface area contributed by atoms with Crippen LogP contribution in [0, 0.1) is 5.41 Å². The number of nitrogens with zero attached hydrogens (tertiary/aromatic N) is 1. The van der Waals surface area contributed by atoms with Gasteiger partial charge < -0.3 is 25.0 Å². The Bertz CT molecular complexity index is 541. The number of alkyl carbamates (subject to hydrolysis) is 2. The van der Waals surface area contributed by atoms with E-state index in [1.165, 1.54) is 89.9 Å². The average molecular weight is 528 g/mol. The molecule has 0 aliphatic heterocycles. The van der Waals surface area contributed by atoms with Gasteiger partial charge in [-0.3, -0.25) is 0 Å². The van der Waals surface area contributed by atoms with Crippen LogP contribution >= 0.6 is 0 Å². The zero-order chi connectivity index (χ0) is 27.6. The molecule has 0 saturated heterocycles. The van der Waals surface area contributed by atoms with Gasteiger partial charge in [0.1, 0.15) is 13.2 Å². The van der Waals surface area contributed by atoms with Crippen LogP contribution in [0.4, 0.5) is 9.59 Å². The first-order valence-corrected chi connectivity index (χ1v) is 15.2. The third-order valence-electron chi connectivity index (χ3n) is 6.54. The van der Waals surface area contributed by atoms with Crippen LogP contribution in [0.2, 0.25) is 0 Å². The summed E-state index contributed by atoms with van der Waals surface area (Å²) in [5.41, 5.74) is -0.438. The molecule has 0 atom stereocenters. The van der Waals surface area contributed by atoms with E-state index in [1.54, 1.807) is 0 Å².